The van der Waals surface area contributed by atoms with Crippen molar-refractivity contribution in [3.05, 3.63) is 35.9 Å². The quantitative estimate of drug-likeness (QED) is 0.874. The lowest BCUT2D eigenvalue weighted by molar-refractivity contribution is -0.122. The van der Waals surface area contributed by atoms with Crippen LogP contribution in [-0.4, -0.2) is 24.4 Å². The topological polar surface area (TPSA) is 58.2 Å². The Hall–Kier alpha value is -1.84. The first-order valence-electron chi connectivity index (χ1n) is 7.80. The van der Waals surface area contributed by atoms with E-state index in [2.05, 4.69) is 10.6 Å². The van der Waals surface area contributed by atoms with Crippen LogP contribution in [0.3, 0.4) is 0 Å². The van der Waals surface area contributed by atoms with E-state index in [1.54, 1.807) is 19.1 Å². The average molecular weight is 288 g/mol. The Bertz CT molecular complexity index is 467. The van der Waals surface area contributed by atoms with E-state index in [1.165, 1.54) is 32.1 Å². The van der Waals surface area contributed by atoms with Crippen LogP contribution in [0.1, 0.15) is 49.4 Å². The summed E-state index contributed by atoms with van der Waals surface area (Å²) in [5.41, 5.74) is 0.574. The SMILES string of the molecule is CC(NC(=O)c1ccccc1)C(=O)NCC1CCCCC1. The Labute approximate surface area is 126 Å². The maximum atomic E-state index is 12.0. The fourth-order valence-corrected chi connectivity index (χ4v) is 2.72. The number of carbonyl (C=O) groups excluding carboxylic acids is 2. The van der Waals surface area contributed by atoms with Crippen LogP contribution in [0.4, 0.5) is 0 Å². The minimum absolute atomic E-state index is 0.107. The van der Waals surface area contributed by atoms with Crippen LogP contribution in [-0.2, 0) is 4.79 Å². The number of hydrogen-bond donors (Lipinski definition) is 2. The molecule has 0 radical (unpaired) electrons. The normalized spacial score (nSPS) is 17.0. The molecule has 2 N–H and O–H groups in total. The molecule has 0 bridgehead atoms. The highest BCUT2D eigenvalue weighted by Crippen LogP contribution is 2.22. The van der Waals surface area contributed by atoms with Gasteiger partial charge in [0.1, 0.15) is 6.04 Å². The van der Waals surface area contributed by atoms with E-state index in [0.29, 0.717) is 11.5 Å². The van der Waals surface area contributed by atoms with Crippen molar-refractivity contribution in [1.82, 2.24) is 10.6 Å². The van der Waals surface area contributed by atoms with E-state index in [1.807, 2.05) is 18.2 Å². The molecule has 21 heavy (non-hydrogen) atoms. The minimum atomic E-state index is -0.513. The highest BCUT2D eigenvalue weighted by Gasteiger charge is 2.19. The van der Waals surface area contributed by atoms with E-state index in [0.717, 1.165) is 6.54 Å². The first-order valence-corrected chi connectivity index (χ1v) is 7.80. The Morgan fingerprint density at radius 1 is 1.14 bits per heavy atom. The van der Waals surface area contributed by atoms with Gasteiger partial charge < -0.3 is 10.6 Å². The van der Waals surface area contributed by atoms with E-state index >= 15 is 0 Å². The number of rotatable bonds is 5. The van der Waals surface area contributed by atoms with Crippen LogP contribution in [0.15, 0.2) is 30.3 Å². The molecule has 1 aromatic carbocycles. The third kappa shape index (κ3) is 4.88. The summed E-state index contributed by atoms with van der Waals surface area (Å²) in [5.74, 6) is 0.278. The van der Waals surface area contributed by atoms with Gasteiger partial charge in [-0.25, -0.2) is 0 Å². The van der Waals surface area contributed by atoms with Crippen LogP contribution in [0.25, 0.3) is 0 Å². The fraction of sp³-hybridized carbons (Fsp3) is 0.529. The summed E-state index contributed by atoms with van der Waals surface area (Å²) >= 11 is 0. The van der Waals surface area contributed by atoms with Gasteiger partial charge in [0.25, 0.3) is 5.91 Å². The van der Waals surface area contributed by atoms with Crippen molar-refractivity contribution in [1.29, 1.82) is 0 Å². The van der Waals surface area contributed by atoms with Gasteiger partial charge in [-0.05, 0) is 37.8 Å². The summed E-state index contributed by atoms with van der Waals surface area (Å²) in [4.78, 5) is 24.0. The molecule has 1 saturated carbocycles. The average Bonchev–Trinajstić information content (AvgIpc) is 2.54. The third-order valence-corrected chi connectivity index (χ3v) is 4.07. The highest BCUT2D eigenvalue weighted by atomic mass is 16.2. The maximum absolute atomic E-state index is 12.0. The lowest BCUT2D eigenvalue weighted by Gasteiger charge is -2.23. The van der Waals surface area contributed by atoms with Crippen LogP contribution >= 0.6 is 0 Å². The smallest absolute Gasteiger partial charge is 0.251 e. The van der Waals surface area contributed by atoms with Crippen LogP contribution in [0, 0.1) is 5.92 Å². The van der Waals surface area contributed by atoms with Gasteiger partial charge >= 0.3 is 0 Å². The molecule has 1 aromatic rings. The van der Waals surface area contributed by atoms with Crippen LogP contribution in [0.5, 0.6) is 0 Å². The molecule has 1 unspecified atom stereocenters. The van der Waals surface area contributed by atoms with Crippen molar-refractivity contribution in [2.45, 2.75) is 45.1 Å². The second-order valence-corrected chi connectivity index (χ2v) is 5.81. The van der Waals surface area contributed by atoms with Crippen molar-refractivity contribution >= 4 is 11.8 Å². The molecule has 4 nitrogen and oxygen atoms in total. The molecule has 2 amide bonds. The zero-order valence-electron chi connectivity index (χ0n) is 12.6. The molecule has 1 fully saturated rings. The molecule has 4 heteroatoms. The fourth-order valence-electron chi connectivity index (χ4n) is 2.72. The monoisotopic (exact) mass is 288 g/mol. The van der Waals surface area contributed by atoms with Crippen molar-refractivity contribution < 1.29 is 9.59 Å². The molecular formula is C17H24N2O2. The summed E-state index contributed by atoms with van der Waals surface area (Å²) in [6.45, 7) is 2.45. The molecular weight excluding hydrogens is 264 g/mol. The van der Waals surface area contributed by atoms with E-state index < -0.39 is 6.04 Å². The molecule has 1 aliphatic carbocycles. The van der Waals surface area contributed by atoms with Crippen molar-refractivity contribution in [3.8, 4) is 0 Å². The predicted octanol–water partition coefficient (Wildman–Crippen LogP) is 2.50. The van der Waals surface area contributed by atoms with Crippen molar-refractivity contribution in [2.24, 2.45) is 5.92 Å². The summed E-state index contributed by atoms with van der Waals surface area (Å²) in [6.07, 6.45) is 6.24. The molecule has 2 rings (SSSR count). The highest BCUT2D eigenvalue weighted by molar-refractivity contribution is 5.97. The molecule has 1 atom stereocenters. The number of benzene rings is 1. The largest absolute Gasteiger partial charge is 0.354 e. The van der Waals surface area contributed by atoms with Crippen LogP contribution < -0.4 is 10.6 Å². The Morgan fingerprint density at radius 2 is 1.81 bits per heavy atom. The lowest BCUT2D eigenvalue weighted by Crippen LogP contribution is -2.46. The van der Waals surface area contributed by atoms with E-state index in [4.69, 9.17) is 0 Å². The number of carbonyl (C=O) groups is 2. The molecule has 0 aliphatic heterocycles. The standard InChI is InChI=1S/C17H24N2O2/c1-13(19-17(21)15-10-6-3-7-11-15)16(20)18-12-14-8-4-2-5-9-14/h3,6-7,10-11,13-14H,2,4-5,8-9,12H2,1H3,(H,18,20)(H,19,21). The first-order chi connectivity index (χ1) is 10.2. The van der Waals surface area contributed by atoms with Crippen molar-refractivity contribution in [3.63, 3.8) is 0 Å². The number of amides is 2. The van der Waals surface area contributed by atoms with E-state index in [9.17, 15) is 9.59 Å². The zero-order chi connectivity index (χ0) is 15.1. The Morgan fingerprint density at radius 3 is 2.48 bits per heavy atom. The zero-order valence-corrected chi connectivity index (χ0v) is 12.6. The van der Waals surface area contributed by atoms with Gasteiger partial charge in [0.2, 0.25) is 5.91 Å². The number of hydrogen-bond acceptors (Lipinski definition) is 2. The lowest BCUT2D eigenvalue weighted by atomic mass is 9.89. The second kappa shape index (κ2) is 7.81. The second-order valence-electron chi connectivity index (χ2n) is 5.81. The molecule has 0 heterocycles. The van der Waals surface area contributed by atoms with E-state index in [-0.39, 0.29) is 11.8 Å². The van der Waals surface area contributed by atoms with Gasteiger partial charge in [0.05, 0.1) is 0 Å². The van der Waals surface area contributed by atoms with Crippen LogP contribution in [0.2, 0.25) is 0 Å². The van der Waals surface area contributed by atoms with Gasteiger partial charge in [-0.2, -0.15) is 0 Å². The molecule has 0 aromatic heterocycles. The maximum Gasteiger partial charge on any atom is 0.251 e. The number of nitrogens with one attached hydrogen (secondary N) is 2. The molecule has 0 saturated heterocycles. The Kier molecular flexibility index (Phi) is 5.78. The summed E-state index contributed by atoms with van der Waals surface area (Å²) in [6, 6.07) is 8.44. The predicted molar refractivity (Wildman–Crippen MR) is 83.0 cm³/mol. The molecule has 1 aliphatic rings. The Balaban J connectivity index is 1.75. The van der Waals surface area contributed by atoms with Gasteiger partial charge in [0, 0.05) is 12.1 Å². The summed E-state index contributed by atoms with van der Waals surface area (Å²) in [5, 5.41) is 5.69. The summed E-state index contributed by atoms with van der Waals surface area (Å²) < 4.78 is 0. The van der Waals surface area contributed by atoms with Gasteiger partial charge in [-0.15, -0.1) is 0 Å². The first kappa shape index (κ1) is 15.5. The molecule has 0 spiro atoms. The minimum Gasteiger partial charge on any atom is -0.354 e. The van der Waals surface area contributed by atoms with Gasteiger partial charge in [-0.1, -0.05) is 37.5 Å². The summed E-state index contributed by atoms with van der Waals surface area (Å²) in [7, 11) is 0. The van der Waals surface area contributed by atoms with Crippen molar-refractivity contribution in [2.75, 3.05) is 6.54 Å². The molecule has 114 valence electrons. The third-order valence-electron chi connectivity index (χ3n) is 4.07. The van der Waals surface area contributed by atoms with Gasteiger partial charge in [0.15, 0.2) is 0 Å². The van der Waals surface area contributed by atoms with Gasteiger partial charge in [-0.3, -0.25) is 9.59 Å².